The molecule has 0 radical (unpaired) electrons. The normalized spacial score (nSPS) is 10.7. The molecule has 0 bridgehead atoms. The van der Waals surface area contributed by atoms with Crippen LogP contribution in [0, 0.1) is 6.92 Å². The lowest BCUT2D eigenvalue weighted by Gasteiger charge is -2.09. The van der Waals surface area contributed by atoms with E-state index in [2.05, 4.69) is 22.3 Å². The van der Waals surface area contributed by atoms with Crippen molar-refractivity contribution in [3.63, 3.8) is 0 Å². The van der Waals surface area contributed by atoms with Crippen LogP contribution in [0.3, 0.4) is 0 Å². The zero-order valence-corrected chi connectivity index (χ0v) is 10.3. The average molecular weight is 230 g/mol. The van der Waals surface area contributed by atoms with Crippen molar-refractivity contribution >= 4 is 0 Å². The van der Waals surface area contributed by atoms with E-state index in [1.165, 1.54) is 5.56 Å². The molecular weight excluding hydrogens is 212 g/mol. The monoisotopic (exact) mass is 230 g/mol. The molecule has 0 fully saturated rings. The Morgan fingerprint density at radius 2 is 2.24 bits per heavy atom. The first-order chi connectivity index (χ1) is 8.31. The second kappa shape index (κ2) is 5.59. The summed E-state index contributed by atoms with van der Waals surface area (Å²) in [5, 5.41) is 7.72. The van der Waals surface area contributed by atoms with Crippen LogP contribution in [-0.2, 0) is 6.54 Å². The van der Waals surface area contributed by atoms with Gasteiger partial charge in [0.15, 0.2) is 0 Å². The number of pyridine rings is 1. The molecule has 0 aliphatic rings. The molecule has 4 nitrogen and oxygen atoms in total. The SMILES string of the molecule is CCCNCc1ccncc1-n1cc(C)cn1. The summed E-state index contributed by atoms with van der Waals surface area (Å²) >= 11 is 0. The molecule has 0 saturated carbocycles. The number of rotatable bonds is 5. The molecule has 0 unspecified atom stereocenters. The maximum absolute atomic E-state index is 4.32. The van der Waals surface area contributed by atoms with Crippen LogP contribution >= 0.6 is 0 Å². The Balaban J connectivity index is 2.21. The lowest BCUT2D eigenvalue weighted by Crippen LogP contribution is -2.15. The van der Waals surface area contributed by atoms with Gasteiger partial charge >= 0.3 is 0 Å². The van der Waals surface area contributed by atoms with E-state index in [0.717, 1.165) is 30.8 Å². The van der Waals surface area contributed by atoms with Gasteiger partial charge in [-0.3, -0.25) is 4.98 Å². The highest BCUT2D eigenvalue weighted by Crippen LogP contribution is 2.12. The quantitative estimate of drug-likeness (QED) is 0.800. The van der Waals surface area contributed by atoms with Gasteiger partial charge in [0, 0.05) is 18.9 Å². The Labute approximate surface area is 102 Å². The molecule has 1 N–H and O–H groups in total. The second-order valence-corrected chi connectivity index (χ2v) is 4.14. The summed E-state index contributed by atoms with van der Waals surface area (Å²) in [6.07, 6.45) is 8.69. The van der Waals surface area contributed by atoms with Crippen molar-refractivity contribution in [3.05, 3.63) is 42.0 Å². The molecule has 0 saturated heterocycles. The molecule has 2 rings (SSSR count). The van der Waals surface area contributed by atoms with Gasteiger partial charge in [-0.25, -0.2) is 4.68 Å². The number of hydrogen-bond acceptors (Lipinski definition) is 3. The summed E-state index contributed by atoms with van der Waals surface area (Å²) in [5.41, 5.74) is 3.42. The first-order valence-corrected chi connectivity index (χ1v) is 5.96. The van der Waals surface area contributed by atoms with Crippen LogP contribution in [0.25, 0.3) is 5.69 Å². The summed E-state index contributed by atoms with van der Waals surface area (Å²) < 4.78 is 1.88. The molecule has 0 atom stereocenters. The number of hydrogen-bond donors (Lipinski definition) is 1. The van der Waals surface area contributed by atoms with E-state index in [0.29, 0.717) is 0 Å². The highest BCUT2D eigenvalue weighted by Gasteiger charge is 2.05. The molecule has 0 aliphatic heterocycles. The molecular formula is C13H18N4. The smallest absolute Gasteiger partial charge is 0.0873 e. The second-order valence-electron chi connectivity index (χ2n) is 4.14. The predicted molar refractivity (Wildman–Crippen MR) is 68.1 cm³/mol. The van der Waals surface area contributed by atoms with E-state index in [-0.39, 0.29) is 0 Å². The van der Waals surface area contributed by atoms with Gasteiger partial charge in [0.25, 0.3) is 0 Å². The molecule has 17 heavy (non-hydrogen) atoms. The fraction of sp³-hybridized carbons (Fsp3) is 0.385. The minimum atomic E-state index is 0.852. The van der Waals surface area contributed by atoms with E-state index in [1.54, 1.807) is 0 Å². The fourth-order valence-electron chi connectivity index (χ4n) is 1.72. The van der Waals surface area contributed by atoms with Gasteiger partial charge in [0.05, 0.1) is 18.1 Å². The summed E-state index contributed by atoms with van der Waals surface area (Å²) in [4.78, 5) is 4.17. The van der Waals surface area contributed by atoms with Gasteiger partial charge in [0.2, 0.25) is 0 Å². The Hall–Kier alpha value is -1.68. The van der Waals surface area contributed by atoms with Crippen molar-refractivity contribution in [1.29, 1.82) is 0 Å². The summed E-state index contributed by atoms with van der Waals surface area (Å²) in [7, 11) is 0. The molecule has 2 aromatic heterocycles. The molecule has 2 aromatic rings. The lowest BCUT2D eigenvalue weighted by molar-refractivity contribution is 0.669. The van der Waals surface area contributed by atoms with Gasteiger partial charge in [0.1, 0.15) is 0 Å². The van der Waals surface area contributed by atoms with Crippen molar-refractivity contribution in [2.75, 3.05) is 6.54 Å². The molecule has 0 aromatic carbocycles. The molecule has 2 heterocycles. The van der Waals surface area contributed by atoms with Crippen molar-refractivity contribution in [1.82, 2.24) is 20.1 Å². The third-order valence-corrected chi connectivity index (χ3v) is 2.59. The van der Waals surface area contributed by atoms with Crippen LogP contribution in [-0.4, -0.2) is 21.3 Å². The minimum Gasteiger partial charge on any atom is -0.313 e. The van der Waals surface area contributed by atoms with Crippen molar-refractivity contribution in [2.45, 2.75) is 26.8 Å². The van der Waals surface area contributed by atoms with Gasteiger partial charge in [-0.1, -0.05) is 6.92 Å². The highest BCUT2D eigenvalue weighted by atomic mass is 15.3. The third kappa shape index (κ3) is 2.91. The molecule has 0 aliphatic carbocycles. The van der Waals surface area contributed by atoms with Crippen LogP contribution in [0.5, 0.6) is 0 Å². The topological polar surface area (TPSA) is 42.7 Å². The summed E-state index contributed by atoms with van der Waals surface area (Å²) in [5.74, 6) is 0. The van der Waals surface area contributed by atoms with Crippen molar-refractivity contribution < 1.29 is 0 Å². The standard InChI is InChI=1S/C13H18N4/c1-3-5-14-8-12-4-6-15-9-13(12)17-10-11(2)7-16-17/h4,6-7,9-10,14H,3,5,8H2,1-2H3. The molecule has 0 spiro atoms. The highest BCUT2D eigenvalue weighted by molar-refractivity contribution is 5.37. The van der Waals surface area contributed by atoms with Gasteiger partial charge in [-0.2, -0.15) is 5.10 Å². The maximum atomic E-state index is 4.32. The average Bonchev–Trinajstić information content (AvgIpc) is 2.77. The van der Waals surface area contributed by atoms with Crippen LogP contribution in [0.1, 0.15) is 24.5 Å². The van der Waals surface area contributed by atoms with Crippen LogP contribution in [0.2, 0.25) is 0 Å². The predicted octanol–water partition coefficient (Wildman–Crippen LogP) is 2.08. The van der Waals surface area contributed by atoms with E-state index >= 15 is 0 Å². The zero-order valence-electron chi connectivity index (χ0n) is 10.3. The first kappa shape index (κ1) is 11.8. The zero-order chi connectivity index (χ0) is 12.1. The van der Waals surface area contributed by atoms with E-state index in [4.69, 9.17) is 0 Å². The summed E-state index contributed by atoms with van der Waals surface area (Å²) in [6.45, 7) is 6.08. The Morgan fingerprint density at radius 1 is 1.35 bits per heavy atom. The first-order valence-electron chi connectivity index (χ1n) is 5.96. The van der Waals surface area contributed by atoms with Crippen molar-refractivity contribution in [2.24, 2.45) is 0 Å². The maximum Gasteiger partial charge on any atom is 0.0873 e. The fourth-order valence-corrected chi connectivity index (χ4v) is 1.72. The number of aryl methyl sites for hydroxylation is 1. The minimum absolute atomic E-state index is 0.852. The van der Waals surface area contributed by atoms with E-state index in [1.807, 2.05) is 42.5 Å². The third-order valence-electron chi connectivity index (χ3n) is 2.59. The molecule has 4 heteroatoms. The van der Waals surface area contributed by atoms with Gasteiger partial charge < -0.3 is 5.32 Å². The number of aromatic nitrogens is 3. The van der Waals surface area contributed by atoms with Gasteiger partial charge in [-0.15, -0.1) is 0 Å². The summed E-state index contributed by atoms with van der Waals surface area (Å²) in [6, 6.07) is 2.04. The van der Waals surface area contributed by atoms with Gasteiger partial charge in [-0.05, 0) is 37.1 Å². The van der Waals surface area contributed by atoms with Crippen LogP contribution in [0.4, 0.5) is 0 Å². The van der Waals surface area contributed by atoms with Crippen LogP contribution < -0.4 is 5.32 Å². The van der Waals surface area contributed by atoms with E-state index in [9.17, 15) is 0 Å². The van der Waals surface area contributed by atoms with Crippen LogP contribution in [0.15, 0.2) is 30.9 Å². The Morgan fingerprint density at radius 3 is 2.94 bits per heavy atom. The number of nitrogens with one attached hydrogen (secondary N) is 1. The Bertz CT molecular complexity index is 476. The largest absolute Gasteiger partial charge is 0.313 e. The Kier molecular flexibility index (Phi) is 3.88. The molecule has 0 amide bonds. The molecule has 90 valence electrons. The number of nitrogens with zero attached hydrogens (tertiary/aromatic N) is 3. The van der Waals surface area contributed by atoms with E-state index < -0.39 is 0 Å². The lowest BCUT2D eigenvalue weighted by atomic mass is 10.2. The van der Waals surface area contributed by atoms with Crippen molar-refractivity contribution in [3.8, 4) is 5.69 Å².